The first kappa shape index (κ1) is 12.2. The first-order valence-electron chi connectivity index (χ1n) is 6.59. The van der Waals surface area contributed by atoms with Crippen molar-refractivity contribution >= 4 is 11.6 Å². The zero-order chi connectivity index (χ0) is 12.5. The van der Waals surface area contributed by atoms with E-state index in [2.05, 4.69) is 5.32 Å². The molecule has 4 heteroatoms. The van der Waals surface area contributed by atoms with E-state index in [1.54, 1.807) is 18.2 Å². The van der Waals surface area contributed by atoms with Crippen molar-refractivity contribution in [3.63, 3.8) is 0 Å². The molecule has 0 unspecified atom stereocenters. The van der Waals surface area contributed by atoms with E-state index in [9.17, 15) is 4.39 Å². The summed E-state index contributed by atoms with van der Waals surface area (Å²) < 4.78 is 19.6. The Balaban J connectivity index is 1.71. The Kier molecular flexibility index (Phi) is 3.44. The predicted molar refractivity (Wildman–Crippen MR) is 69.6 cm³/mol. The minimum absolute atomic E-state index is 0.106. The lowest BCUT2D eigenvalue weighted by Gasteiger charge is -2.40. The maximum Gasteiger partial charge on any atom is 0.183 e. The number of nitrogens with one attached hydrogen (secondary N) is 1. The fourth-order valence-corrected chi connectivity index (χ4v) is 3.23. The molecule has 1 N–H and O–H groups in total. The second kappa shape index (κ2) is 5.06. The summed E-state index contributed by atoms with van der Waals surface area (Å²) >= 11 is 5.76. The number of hydrogen-bond acceptors (Lipinski definition) is 2. The Morgan fingerprint density at radius 1 is 1.22 bits per heavy atom. The van der Waals surface area contributed by atoms with Gasteiger partial charge in [-0.15, -0.1) is 0 Å². The Hall–Kier alpha value is -0.800. The van der Waals surface area contributed by atoms with Gasteiger partial charge in [0.05, 0.1) is 5.02 Å². The Morgan fingerprint density at radius 2 is 1.94 bits per heavy atom. The summed E-state index contributed by atoms with van der Waals surface area (Å²) in [5.41, 5.74) is 0. The van der Waals surface area contributed by atoms with Crippen LogP contribution in [0.4, 0.5) is 4.39 Å². The number of ether oxygens (including phenoxy) is 1. The van der Waals surface area contributed by atoms with Crippen LogP contribution in [0.2, 0.25) is 5.02 Å². The third-order valence-electron chi connectivity index (χ3n) is 3.88. The van der Waals surface area contributed by atoms with Crippen LogP contribution < -0.4 is 10.1 Å². The Labute approximate surface area is 111 Å². The molecule has 0 saturated carbocycles. The summed E-state index contributed by atoms with van der Waals surface area (Å²) in [5, 5.41) is 3.72. The van der Waals surface area contributed by atoms with E-state index in [0.717, 1.165) is 12.8 Å². The molecule has 3 rings (SSSR count). The number of rotatable bonds is 2. The van der Waals surface area contributed by atoms with Gasteiger partial charge in [-0.25, -0.2) is 4.39 Å². The molecule has 2 aliphatic rings. The average Bonchev–Trinajstić information content (AvgIpc) is 2.35. The number of piperidine rings is 2. The first-order chi connectivity index (χ1) is 8.72. The monoisotopic (exact) mass is 269 g/mol. The molecule has 1 aromatic carbocycles. The van der Waals surface area contributed by atoms with Gasteiger partial charge in [0.15, 0.2) is 11.6 Å². The van der Waals surface area contributed by atoms with Gasteiger partial charge in [0.1, 0.15) is 6.10 Å². The lowest BCUT2D eigenvalue weighted by molar-refractivity contribution is 0.0893. The van der Waals surface area contributed by atoms with Crippen molar-refractivity contribution in [3.05, 3.63) is 29.0 Å². The number of hydrogen-bond donors (Lipinski definition) is 1. The Morgan fingerprint density at radius 3 is 2.67 bits per heavy atom. The molecule has 2 saturated heterocycles. The third kappa shape index (κ3) is 2.47. The summed E-state index contributed by atoms with van der Waals surface area (Å²) in [5.74, 6) is -0.157. The third-order valence-corrected chi connectivity index (χ3v) is 4.17. The van der Waals surface area contributed by atoms with Gasteiger partial charge < -0.3 is 10.1 Å². The molecule has 18 heavy (non-hydrogen) atoms. The van der Waals surface area contributed by atoms with Crippen LogP contribution in [0.25, 0.3) is 0 Å². The summed E-state index contributed by atoms with van der Waals surface area (Å²) in [6.07, 6.45) is 5.73. The Bertz CT molecular complexity index is 428. The molecule has 98 valence electrons. The zero-order valence-electron chi connectivity index (χ0n) is 10.2. The number of fused-ring (bicyclic) bond motifs is 2. The molecule has 2 heterocycles. The van der Waals surface area contributed by atoms with E-state index in [4.69, 9.17) is 16.3 Å². The number of benzene rings is 1. The largest absolute Gasteiger partial charge is 0.487 e. The summed E-state index contributed by atoms with van der Waals surface area (Å²) in [4.78, 5) is 0. The van der Waals surface area contributed by atoms with Crippen LogP contribution in [0.3, 0.4) is 0 Å². The van der Waals surface area contributed by atoms with Crippen molar-refractivity contribution < 1.29 is 9.13 Å². The van der Waals surface area contributed by atoms with E-state index in [1.807, 2.05) is 0 Å². The van der Waals surface area contributed by atoms with Crippen LogP contribution >= 0.6 is 11.6 Å². The highest BCUT2D eigenvalue weighted by molar-refractivity contribution is 6.30. The zero-order valence-corrected chi connectivity index (χ0v) is 10.9. The molecule has 2 bridgehead atoms. The molecule has 1 aromatic rings. The van der Waals surface area contributed by atoms with Gasteiger partial charge in [0, 0.05) is 12.1 Å². The van der Waals surface area contributed by atoms with E-state index in [1.165, 1.54) is 19.3 Å². The maximum absolute atomic E-state index is 13.8. The smallest absolute Gasteiger partial charge is 0.183 e. The topological polar surface area (TPSA) is 21.3 Å². The fourth-order valence-electron chi connectivity index (χ4n) is 3.06. The number of halogens is 2. The van der Waals surface area contributed by atoms with Gasteiger partial charge in [-0.05, 0) is 37.8 Å². The van der Waals surface area contributed by atoms with Crippen molar-refractivity contribution in [1.82, 2.24) is 5.32 Å². The van der Waals surface area contributed by atoms with Gasteiger partial charge in [0.2, 0.25) is 0 Å². The van der Waals surface area contributed by atoms with Crippen LogP contribution in [0.5, 0.6) is 5.75 Å². The molecular formula is C14H17ClFNO. The lowest BCUT2D eigenvalue weighted by atomic mass is 9.85. The van der Waals surface area contributed by atoms with Gasteiger partial charge in [-0.2, -0.15) is 0 Å². The molecule has 0 aliphatic carbocycles. The van der Waals surface area contributed by atoms with E-state index in [0.29, 0.717) is 12.1 Å². The highest BCUT2D eigenvalue weighted by Gasteiger charge is 2.32. The van der Waals surface area contributed by atoms with Gasteiger partial charge in [0.25, 0.3) is 0 Å². The van der Waals surface area contributed by atoms with Crippen LogP contribution in [0, 0.1) is 5.82 Å². The van der Waals surface area contributed by atoms with Crippen molar-refractivity contribution in [3.8, 4) is 5.75 Å². The first-order valence-corrected chi connectivity index (χ1v) is 6.97. The summed E-state index contributed by atoms with van der Waals surface area (Å²) in [6.45, 7) is 0. The van der Waals surface area contributed by atoms with Gasteiger partial charge >= 0.3 is 0 Å². The van der Waals surface area contributed by atoms with Crippen LogP contribution in [-0.2, 0) is 0 Å². The molecule has 0 radical (unpaired) electrons. The second-order valence-electron chi connectivity index (χ2n) is 5.25. The molecule has 0 spiro atoms. The van der Waals surface area contributed by atoms with Gasteiger partial charge in [-0.1, -0.05) is 24.1 Å². The van der Waals surface area contributed by atoms with Crippen LogP contribution in [0.1, 0.15) is 32.1 Å². The predicted octanol–water partition coefficient (Wildman–Crippen LogP) is 3.53. The fraction of sp³-hybridized carbons (Fsp3) is 0.571. The molecular weight excluding hydrogens is 253 g/mol. The normalized spacial score (nSPS) is 31.1. The van der Waals surface area contributed by atoms with Crippen molar-refractivity contribution in [2.24, 2.45) is 0 Å². The second-order valence-corrected chi connectivity index (χ2v) is 5.66. The lowest BCUT2D eigenvalue weighted by Crippen LogP contribution is -2.51. The van der Waals surface area contributed by atoms with Crippen molar-refractivity contribution in [1.29, 1.82) is 0 Å². The maximum atomic E-state index is 13.8. The van der Waals surface area contributed by atoms with Crippen molar-refractivity contribution in [2.45, 2.75) is 50.3 Å². The van der Waals surface area contributed by atoms with E-state index in [-0.39, 0.29) is 16.9 Å². The minimum Gasteiger partial charge on any atom is -0.487 e. The quantitative estimate of drug-likeness (QED) is 0.887. The molecule has 2 fully saturated rings. The van der Waals surface area contributed by atoms with Crippen molar-refractivity contribution in [2.75, 3.05) is 0 Å². The van der Waals surface area contributed by atoms with E-state index >= 15 is 0 Å². The summed E-state index contributed by atoms with van der Waals surface area (Å²) in [7, 11) is 0. The van der Waals surface area contributed by atoms with Crippen LogP contribution in [-0.4, -0.2) is 18.2 Å². The molecule has 2 nitrogen and oxygen atoms in total. The molecule has 3 atom stereocenters. The summed E-state index contributed by atoms with van der Waals surface area (Å²) in [6, 6.07) is 5.98. The molecule has 0 aromatic heterocycles. The molecule has 0 amide bonds. The SMILES string of the molecule is Fc1c(Cl)cccc1O[C@@H]1C[C@H]2CCC[C@@H](C1)N2. The van der Waals surface area contributed by atoms with E-state index < -0.39 is 5.82 Å². The highest BCUT2D eigenvalue weighted by Crippen LogP contribution is 2.31. The molecule has 2 aliphatic heterocycles. The van der Waals surface area contributed by atoms with Gasteiger partial charge in [-0.3, -0.25) is 0 Å². The minimum atomic E-state index is -0.442. The average molecular weight is 270 g/mol. The van der Waals surface area contributed by atoms with Crippen LogP contribution in [0.15, 0.2) is 18.2 Å². The standard InChI is InChI=1S/C14H17ClFNO/c15-12-5-2-6-13(14(12)16)18-11-7-9-3-1-4-10(8-11)17-9/h2,5-6,9-11,17H,1,3-4,7-8H2/t9-,10+,11-. The highest BCUT2D eigenvalue weighted by atomic mass is 35.5.